The molecule has 1 aromatic heterocycles. The Bertz CT molecular complexity index is 848. The Hall–Kier alpha value is -2.90. The van der Waals surface area contributed by atoms with Crippen LogP contribution < -0.4 is 11.1 Å². The number of hydrogen-bond donors (Lipinski definition) is 2. The van der Waals surface area contributed by atoms with Crippen molar-refractivity contribution in [3.8, 4) is 0 Å². The number of aromatic carboxylic acids is 1. The predicted octanol–water partition coefficient (Wildman–Crippen LogP) is 0.122. The van der Waals surface area contributed by atoms with Crippen LogP contribution in [0.4, 0.5) is 0 Å². The van der Waals surface area contributed by atoms with Gasteiger partial charge in [-0.3, -0.25) is 14.2 Å². The minimum absolute atomic E-state index is 0.0472. The number of carboxylic acids is 1. The van der Waals surface area contributed by atoms with Crippen LogP contribution in [0.15, 0.2) is 27.8 Å². The first-order valence-corrected chi connectivity index (χ1v) is 5.96. The lowest BCUT2D eigenvalue weighted by Gasteiger charge is -2.15. The number of hydrogen-bond acceptors (Lipinski definition) is 5. The molecule has 1 unspecified atom stereocenters. The van der Waals surface area contributed by atoms with E-state index in [9.17, 15) is 19.2 Å². The molecule has 0 aliphatic carbocycles. The van der Waals surface area contributed by atoms with Crippen LogP contribution in [0.1, 0.15) is 23.3 Å². The molecule has 0 bridgehead atoms. The van der Waals surface area contributed by atoms with Crippen molar-refractivity contribution in [1.29, 1.82) is 0 Å². The van der Waals surface area contributed by atoms with Crippen LogP contribution >= 0.6 is 0 Å². The van der Waals surface area contributed by atoms with E-state index in [1.807, 2.05) is 0 Å². The quantitative estimate of drug-likeness (QED) is 0.612. The summed E-state index contributed by atoms with van der Waals surface area (Å²) in [6.07, 6.45) is 0. The number of aromatic nitrogens is 2. The van der Waals surface area contributed by atoms with Crippen molar-refractivity contribution >= 4 is 23.0 Å². The van der Waals surface area contributed by atoms with Crippen molar-refractivity contribution in [2.75, 3.05) is 7.11 Å². The van der Waals surface area contributed by atoms with E-state index in [0.717, 1.165) is 4.57 Å². The van der Waals surface area contributed by atoms with Crippen LogP contribution in [0.5, 0.6) is 0 Å². The van der Waals surface area contributed by atoms with Crippen LogP contribution in [0.2, 0.25) is 0 Å². The second-order valence-electron chi connectivity index (χ2n) is 4.37. The molecule has 0 saturated carbocycles. The highest BCUT2D eigenvalue weighted by Crippen LogP contribution is 2.16. The van der Waals surface area contributed by atoms with E-state index in [-0.39, 0.29) is 16.6 Å². The summed E-state index contributed by atoms with van der Waals surface area (Å²) in [7, 11) is 1.17. The molecule has 0 aliphatic rings. The minimum atomic E-state index is -1.17. The lowest BCUT2D eigenvalue weighted by Crippen LogP contribution is -2.40. The second-order valence-corrected chi connectivity index (χ2v) is 4.37. The van der Waals surface area contributed by atoms with E-state index in [1.54, 1.807) is 0 Å². The molecule has 0 amide bonds. The maximum absolute atomic E-state index is 12.0. The first-order valence-electron chi connectivity index (χ1n) is 5.96. The average Bonchev–Trinajstić information content (AvgIpc) is 2.46. The molecule has 8 nitrogen and oxygen atoms in total. The van der Waals surface area contributed by atoms with Gasteiger partial charge >= 0.3 is 23.1 Å². The van der Waals surface area contributed by atoms with Gasteiger partial charge in [0.1, 0.15) is 6.04 Å². The third kappa shape index (κ3) is 2.42. The Morgan fingerprint density at radius 2 is 2.00 bits per heavy atom. The Kier molecular flexibility index (Phi) is 3.62. The van der Waals surface area contributed by atoms with E-state index in [2.05, 4.69) is 9.72 Å². The topological polar surface area (TPSA) is 118 Å². The molecular weight excluding hydrogens is 280 g/mol. The number of carbonyl (C=O) groups is 2. The van der Waals surface area contributed by atoms with Crippen molar-refractivity contribution in [2.24, 2.45) is 0 Å². The number of benzene rings is 1. The normalized spacial score (nSPS) is 12.1. The van der Waals surface area contributed by atoms with Gasteiger partial charge in [0.25, 0.3) is 0 Å². The fourth-order valence-electron chi connectivity index (χ4n) is 2.03. The molecule has 0 saturated heterocycles. The zero-order valence-corrected chi connectivity index (χ0v) is 11.2. The van der Waals surface area contributed by atoms with Gasteiger partial charge in [-0.2, -0.15) is 0 Å². The number of carbonyl (C=O) groups excluding carboxylic acids is 1. The molecule has 8 heteroatoms. The number of aromatic amines is 1. The number of fused-ring (bicyclic) bond motifs is 1. The maximum Gasteiger partial charge on any atom is 0.335 e. The summed E-state index contributed by atoms with van der Waals surface area (Å²) in [5.41, 5.74) is -1.52. The molecule has 1 heterocycles. The van der Waals surface area contributed by atoms with Gasteiger partial charge in [0, 0.05) is 0 Å². The van der Waals surface area contributed by atoms with Gasteiger partial charge in [0.15, 0.2) is 0 Å². The van der Waals surface area contributed by atoms with Crippen molar-refractivity contribution < 1.29 is 19.4 Å². The van der Waals surface area contributed by atoms with E-state index < -0.39 is 29.1 Å². The van der Waals surface area contributed by atoms with Gasteiger partial charge in [-0.25, -0.2) is 9.59 Å². The third-order valence-corrected chi connectivity index (χ3v) is 3.09. The van der Waals surface area contributed by atoms with E-state index >= 15 is 0 Å². The summed E-state index contributed by atoms with van der Waals surface area (Å²) in [5, 5.41) is 8.94. The van der Waals surface area contributed by atoms with Crippen LogP contribution in [-0.2, 0) is 9.53 Å². The Morgan fingerprint density at radius 3 is 2.57 bits per heavy atom. The van der Waals surface area contributed by atoms with E-state index in [4.69, 9.17) is 5.11 Å². The highest BCUT2D eigenvalue weighted by atomic mass is 16.5. The van der Waals surface area contributed by atoms with Gasteiger partial charge in [0.2, 0.25) is 0 Å². The number of rotatable bonds is 3. The molecule has 21 heavy (non-hydrogen) atoms. The fourth-order valence-corrected chi connectivity index (χ4v) is 2.03. The molecule has 2 aromatic rings. The maximum atomic E-state index is 12.0. The number of H-pyrrole nitrogens is 1. The summed E-state index contributed by atoms with van der Waals surface area (Å²) in [5.74, 6) is -1.86. The zero-order chi connectivity index (χ0) is 15.7. The lowest BCUT2D eigenvalue weighted by molar-refractivity contribution is -0.144. The van der Waals surface area contributed by atoms with Crippen LogP contribution in [0.25, 0.3) is 11.0 Å². The molecular formula is C13H12N2O6. The Morgan fingerprint density at radius 1 is 1.33 bits per heavy atom. The number of nitrogens with one attached hydrogen (secondary N) is 1. The monoisotopic (exact) mass is 292 g/mol. The molecule has 0 radical (unpaired) electrons. The summed E-state index contributed by atoms with van der Waals surface area (Å²) < 4.78 is 5.54. The first-order chi connectivity index (χ1) is 9.86. The number of methoxy groups -OCH3 is 1. The van der Waals surface area contributed by atoms with Gasteiger partial charge in [-0.15, -0.1) is 0 Å². The molecule has 1 atom stereocenters. The third-order valence-electron chi connectivity index (χ3n) is 3.09. The van der Waals surface area contributed by atoms with Crippen LogP contribution in [0, 0.1) is 0 Å². The molecule has 2 rings (SSSR count). The minimum Gasteiger partial charge on any atom is -0.478 e. The summed E-state index contributed by atoms with van der Waals surface area (Å²) in [4.78, 5) is 48.5. The van der Waals surface area contributed by atoms with E-state index in [1.165, 1.54) is 32.2 Å². The molecule has 1 aromatic carbocycles. The van der Waals surface area contributed by atoms with Crippen molar-refractivity contribution in [2.45, 2.75) is 13.0 Å². The van der Waals surface area contributed by atoms with Gasteiger partial charge in [-0.05, 0) is 25.1 Å². The number of esters is 1. The van der Waals surface area contributed by atoms with Crippen molar-refractivity contribution in [1.82, 2.24) is 9.55 Å². The van der Waals surface area contributed by atoms with Crippen molar-refractivity contribution in [3.05, 3.63) is 44.5 Å². The molecule has 2 N–H and O–H groups in total. The molecule has 0 aliphatic heterocycles. The van der Waals surface area contributed by atoms with Crippen LogP contribution in [-0.4, -0.2) is 33.7 Å². The Labute approximate surface area is 117 Å². The SMILES string of the molecule is COC(=O)C(C)n1c(=O)c(=O)[nH]c2cc(C(=O)O)ccc21. The predicted molar refractivity (Wildman–Crippen MR) is 72.5 cm³/mol. The molecule has 0 spiro atoms. The summed E-state index contributed by atoms with van der Waals surface area (Å²) in [6.45, 7) is 1.41. The number of carboxylic acid groups (broad SMARTS) is 1. The smallest absolute Gasteiger partial charge is 0.335 e. The highest BCUT2D eigenvalue weighted by Gasteiger charge is 2.21. The Balaban J connectivity index is 2.83. The number of nitrogens with zero attached hydrogens (tertiary/aromatic N) is 1. The molecule has 0 fully saturated rings. The summed E-state index contributed by atoms with van der Waals surface area (Å²) in [6, 6.07) is 2.85. The average molecular weight is 292 g/mol. The van der Waals surface area contributed by atoms with Gasteiger partial charge < -0.3 is 14.8 Å². The van der Waals surface area contributed by atoms with Gasteiger partial charge in [-0.1, -0.05) is 0 Å². The van der Waals surface area contributed by atoms with Gasteiger partial charge in [0.05, 0.1) is 23.7 Å². The lowest BCUT2D eigenvalue weighted by atomic mass is 10.2. The zero-order valence-electron chi connectivity index (χ0n) is 11.2. The fraction of sp³-hybridized carbons (Fsp3) is 0.231. The first kappa shape index (κ1) is 14.5. The molecule has 110 valence electrons. The van der Waals surface area contributed by atoms with Crippen LogP contribution in [0.3, 0.4) is 0 Å². The second kappa shape index (κ2) is 5.23. The highest BCUT2D eigenvalue weighted by molar-refractivity contribution is 5.92. The number of ether oxygens (including phenoxy) is 1. The van der Waals surface area contributed by atoms with Crippen molar-refractivity contribution in [3.63, 3.8) is 0 Å². The van der Waals surface area contributed by atoms with E-state index in [0.29, 0.717) is 0 Å². The standard InChI is InChI=1S/C13H12N2O6/c1-6(13(20)21-2)15-9-4-3-7(12(18)19)5-8(9)14-10(16)11(15)17/h3-6H,1-2H3,(H,14,16)(H,18,19). The largest absolute Gasteiger partial charge is 0.478 e. The summed E-state index contributed by atoms with van der Waals surface area (Å²) >= 11 is 0.